The van der Waals surface area contributed by atoms with Gasteiger partial charge in [0, 0.05) is 11.3 Å². The highest BCUT2D eigenvalue weighted by Gasteiger charge is 2.22. The minimum Gasteiger partial charge on any atom is -0.351 e. The first-order valence-corrected chi connectivity index (χ1v) is 5.97. The molecule has 0 unspecified atom stereocenters. The first-order chi connectivity index (χ1) is 8.34. The quantitative estimate of drug-likeness (QED) is 0.749. The van der Waals surface area contributed by atoms with Crippen molar-refractivity contribution in [1.82, 2.24) is 5.32 Å². The Morgan fingerprint density at radius 1 is 0.882 bits per heavy atom. The molecule has 0 aromatic heterocycles. The molecule has 3 heteroatoms. The van der Waals surface area contributed by atoms with Crippen molar-refractivity contribution in [1.29, 1.82) is 0 Å². The van der Waals surface area contributed by atoms with Gasteiger partial charge in [-0.1, -0.05) is 48.5 Å². The standard InChI is InChI=1S/C14H12N2S/c17-14-15-12-9-5-4-8-11(12)13(16-14)10-6-2-1-3-7-10/h1-9,13H,(H2,15,16,17)/t13-/m1/s1. The molecule has 1 aliphatic heterocycles. The number of fused-ring (bicyclic) bond motifs is 1. The van der Waals surface area contributed by atoms with E-state index in [9.17, 15) is 0 Å². The summed E-state index contributed by atoms with van der Waals surface area (Å²) in [5.41, 5.74) is 3.54. The van der Waals surface area contributed by atoms with E-state index in [4.69, 9.17) is 12.2 Å². The zero-order valence-electron chi connectivity index (χ0n) is 9.18. The van der Waals surface area contributed by atoms with E-state index in [1.165, 1.54) is 11.1 Å². The molecule has 0 radical (unpaired) electrons. The highest BCUT2D eigenvalue weighted by molar-refractivity contribution is 7.80. The van der Waals surface area contributed by atoms with E-state index in [0.717, 1.165) is 5.69 Å². The number of nitrogens with one attached hydrogen (secondary N) is 2. The van der Waals surface area contributed by atoms with Crippen molar-refractivity contribution in [3.63, 3.8) is 0 Å². The lowest BCUT2D eigenvalue weighted by atomic mass is 9.96. The highest BCUT2D eigenvalue weighted by Crippen LogP contribution is 2.31. The van der Waals surface area contributed by atoms with Gasteiger partial charge in [-0.25, -0.2) is 0 Å². The van der Waals surface area contributed by atoms with Gasteiger partial charge >= 0.3 is 0 Å². The second-order valence-corrected chi connectivity index (χ2v) is 4.44. The van der Waals surface area contributed by atoms with Crippen molar-refractivity contribution in [3.05, 3.63) is 65.7 Å². The summed E-state index contributed by atoms with van der Waals surface area (Å²) in [5.74, 6) is 0. The van der Waals surface area contributed by atoms with E-state index in [0.29, 0.717) is 5.11 Å². The van der Waals surface area contributed by atoms with Crippen LogP contribution in [0.2, 0.25) is 0 Å². The van der Waals surface area contributed by atoms with Crippen LogP contribution >= 0.6 is 12.2 Å². The molecule has 0 fully saturated rings. The summed E-state index contributed by atoms with van der Waals surface area (Å²) in [6, 6.07) is 18.7. The third kappa shape index (κ3) is 1.89. The van der Waals surface area contributed by atoms with Crippen molar-refractivity contribution < 1.29 is 0 Å². The summed E-state index contributed by atoms with van der Waals surface area (Å²) in [5, 5.41) is 7.17. The first-order valence-electron chi connectivity index (χ1n) is 5.56. The van der Waals surface area contributed by atoms with Gasteiger partial charge in [-0.05, 0) is 23.8 Å². The van der Waals surface area contributed by atoms with Crippen molar-refractivity contribution >= 4 is 23.0 Å². The number of rotatable bonds is 1. The number of hydrogen-bond donors (Lipinski definition) is 2. The van der Waals surface area contributed by atoms with Crippen LogP contribution in [0.1, 0.15) is 17.2 Å². The summed E-state index contributed by atoms with van der Waals surface area (Å²) in [6.45, 7) is 0. The summed E-state index contributed by atoms with van der Waals surface area (Å²) >= 11 is 5.24. The molecule has 0 spiro atoms. The van der Waals surface area contributed by atoms with Gasteiger partial charge in [-0.3, -0.25) is 0 Å². The van der Waals surface area contributed by atoms with E-state index in [-0.39, 0.29) is 6.04 Å². The molecule has 0 saturated carbocycles. The fraction of sp³-hybridized carbons (Fsp3) is 0.0714. The molecule has 2 aromatic carbocycles. The molecule has 1 atom stereocenters. The molecule has 84 valence electrons. The van der Waals surface area contributed by atoms with Gasteiger partial charge in [0.1, 0.15) is 0 Å². The Balaban J connectivity index is 2.10. The van der Waals surface area contributed by atoms with Gasteiger partial charge < -0.3 is 10.6 Å². The van der Waals surface area contributed by atoms with Crippen molar-refractivity contribution in [2.75, 3.05) is 5.32 Å². The van der Waals surface area contributed by atoms with E-state index in [1.54, 1.807) is 0 Å². The van der Waals surface area contributed by atoms with Crippen molar-refractivity contribution in [2.24, 2.45) is 0 Å². The second-order valence-electron chi connectivity index (χ2n) is 4.03. The van der Waals surface area contributed by atoms with Crippen LogP contribution in [0.5, 0.6) is 0 Å². The van der Waals surface area contributed by atoms with Gasteiger partial charge in [-0.2, -0.15) is 0 Å². The molecule has 2 N–H and O–H groups in total. The smallest absolute Gasteiger partial charge is 0.171 e. The lowest BCUT2D eigenvalue weighted by Gasteiger charge is -2.29. The molecule has 2 aromatic rings. The molecule has 1 heterocycles. The van der Waals surface area contributed by atoms with Crippen LogP contribution in [0.4, 0.5) is 5.69 Å². The van der Waals surface area contributed by atoms with Crippen LogP contribution in [-0.2, 0) is 0 Å². The molecule has 0 bridgehead atoms. The summed E-state index contributed by atoms with van der Waals surface area (Å²) in [4.78, 5) is 0. The number of para-hydroxylation sites is 1. The zero-order chi connectivity index (χ0) is 11.7. The molecule has 3 rings (SSSR count). The lowest BCUT2D eigenvalue weighted by Crippen LogP contribution is -2.37. The van der Waals surface area contributed by atoms with Gasteiger partial charge in [0.05, 0.1) is 6.04 Å². The maximum absolute atomic E-state index is 5.24. The van der Waals surface area contributed by atoms with Crippen LogP contribution < -0.4 is 10.6 Å². The van der Waals surface area contributed by atoms with Gasteiger partial charge in [0.2, 0.25) is 0 Å². The fourth-order valence-corrected chi connectivity index (χ4v) is 2.37. The van der Waals surface area contributed by atoms with Gasteiger partial charge in [-0.15, -0.1) is 0 Å². The Hall–Kier alpha value is -1.87. The summed E-state index contributed by atoms with van der Waals surface area (Å²) in [6.07, 6.45) is 0. The molecular formula is C14H12N2S. The summed E-state index contributed by atoms with van der Waals surface area (Å²) < 4.78 is 0. The fourth-order valence-electron chi connectivity index (χ4n) is 2.14. The molecule has 2 nitrogen and oxygen atoms in total. The average Bonchev–Trinajstić information content (AvgIpc) is 2.39. The Morgan fingerprint density at radius 2 is 1.59 bits per heavy atom. The first kappa shape index (κ1) is 10.3. The van der Waals surface area contributed by atoms with Crippen molar-refractivity contribution in [3.8, 4) is 0 Å². The average molecular weight is 240 g/mol. The Labute approximate surface area is 106 Å². The predicted molar refractivity (Wildman–Crippen MR) is 74.1 cm³/mol. The number of benzene rings is 2. The molecule has 0 amide bonds. The number of thiocarbonyl (C=S) groups is 1. The highest BCUT2D eigenvalue weighted by atomic mass is 32.1. The summed E-state index contributed by atoms with van der Waals surface area (Å²) in [7, 11) is 0. The van der Waals surface area contributed by atoms with Crippen LogP contribution in [0.15, 0.2) is 54.6 Å². The van der Waals surface area contributed by atoms with E-state index in [2.05, 4.69) is 34.9 Å². The topological polar surface area (TPSA) is 24.1 Å². The molecule has 17 heavy (non-hydrogen) atoms. The molecule has 0 saturated heterocycles. The Bertz CT molecular complexity index is 551. The number of hydrogen-bond acceptors (Lipinski definition) is 1. The van der Waals surface area contributed by atoms with E-state index >= 15 is 0 Å². The number of anilines is 1. The zero-order valence-corrected chi connectivity index (χ0v) is 10.00. The molecular weight excluding hydrogens is 228 g/mol. The third-order valence-electron chi connectivity index (χ3n) is 2.93. The van der Waals surface area contributed by atoms with Crippen LogP contribution in [-0.4, -0.2) is 5.11 Å². The maximum Gasteiger partial charge on any atom is 0.171 e. The second kappa shape index (κ2) is 4.18. The molecule has 0 aliphatic carbocycles. The van der Waals surface area contributed by atoms with Crippen molar-refractivity contribution in [2.45, 2.75) is 6.04 Å². The monoisotopic (exact) mass is 240 g/mol. The SMILES string of the molecule is S=C1Nc2ccccc2[C@@H](c2ccccc2)N1. The Morgan fingerprint density at radius 3 is 2.41 bits per heavy atom. The minimum atomic E-state index is 0.140. The largest absolute Gasteiger partial charge is 0.351 e. The van der Waals surface area contributed by atoms with Crippen LogP contribution in [0.25, 0.3) is 0 Å². The molecule has 1 aliphatic rings. The minimum absolute atomic E-state index is 0.140. The lowest BCUT2D eigenvalue weighted by molar-refractivity contribution is 0.758. The van der Waals surface area contributed by atoms with Crippen LogP contribution in [0, 0.1) is 0 Å². The van der Waals surface area contributed by atoms with Gasteiger partial charge in [0.25, 0.3) is 0 Å². The van der Waals surface area contributed by atoms with E-state index in [1.807, 2.05) is 30.3 Å². The van der Waals surface area contributed by atoms with Crippen LogP contribution in [0.3, 0.4) is 0 Å². The maximum atomic E-state index is 5.24. The predicted octanol–water partition coefficient (Wildman–Crippen LogP) is 3.08. The normalized spacial score (nSPS) is 17.9. The van der Waals surface area contributed by atoms with E-state index < -0.39 is 0 Å². The van der Waals surface area contributed by atoms with Gasteiger partial charge in [0.15, 0.2) is 5.11 Å². The Kier molecular flexibility index (Phi) is 2.53. The third-order valence-corrected chi connectivity index (χ3v) is 3.15.